The zero-order valence-corrected chi connectivity index (χ0v) is 52.7. The summed E-state index contributed by atoms with van der Waals surface area (Å²) in [4.78, 5) is 196. The Balaban J connectivity index is 2.39. The normalized spacial score (nSPS) is 12.8. The Labute approximate surface area is 552 Å². The van der Waals surface area contributed by atoms with Gasteiger partial charge in [0.2, 0.25) is 17.7 Å². The molecule has 0 aliphatic heterocycles. The van der Waals surface area contributed by atoms with Crippen molar-refractivity contribution in [2.45, 2.75) is 189 Å². The van der Waals surface area contributed by atoms with Crippen LogP contribution in [0.4, 0.5) is 18.8 Å². The number of halogens is 1. The summed E-state index contributed by atoms with van der Waals surface area (Å²) in [6.07, 6.45) is -3.18. The van der Waals surface area contributed by atoms with E-state index in [2.05, 4.69) is 47.5 Å². The minimum Gasteiger partial charge on any atom is -0.481 e. The van der Waals surface area contributed by atoms with E-state index in [0.717, 1.165) is 0 Å². The Kier molecular flexibility index (Phi) is 37.3. The fraction of sp³-hybridized carbons (Fsp3) is 0.586. The van der Waals surface area contributed by atoms with Gasteiger partial charge >= 0.3 is 71.8 Å². The first kappa shape index (κ1) is 82.3. The first-order chi connectivity index (χ1) is 45.8. The summed E-state index contributed by atoms with van der Waals surface area (Å²) < 4.78 is 14.3. The van der Waals surface area contributed by atoms with Gasteiger partial charge in [0.15, 0.2) is 0 Å². The number of aromatic nitrogens is 3. The summed E-state index contributed by atoms with van der Waals surface area (Å²) in [5.41, 5.74) is -0.594. The molecule has 0 aliphatic carbocycles. The molecular weight excluding hydrogens is 1300 g/mol. The molecule has 2 rings (SSSR count). The maximum Gasteiger partial charge on any atom is 0.326 e. The van der Waals surface area contributed by atoms with Gasteiger partial charge in [0.25, 0.3) is 5.91 Å². The highest BCUT2D eigenvalue weighted by Crippen LogP contribution is 2.27. The van der Waals surface area contributed by atoms with E-state index in [-0.39, 0.29) is 128 Å². The fourth-order valence-corrected chi connectivity index (χ4v) is 9.28. The summed E-state index contributed by atoms with van der Waals surface area (Å²) >= 11 is 0. The third-order valence-corrected chi connectivity index (χ3v) is 14.7. The number of amides is 10. The van der Waals surface area contributed by atoms with Crippen LogP contribution in [0.2, 0.25) is 0 Å². The molecule has 0 bridgehead atoms. The van der Waals surface area contributed by atoms with Gasteiger partial charge in [-0.15, -0.1) is 5.10 Å². The predicted octanol–water partition coefficient (Wildman–Crippen LogP) is 0.0493. The summed E-state index contributed by atoms with van der Waals surface area (Å²) in [6.45, 7) is -0.789. The highest BCUT2D eigenvalue weighted by atomic mass is 19.1. The predicted molar refractivity (Wildman–Crippen MR) is 328 cm³/mol. The van der Waals surface area contributed by atoms with Crippen molar-refractivity contribution in [3.63, 3.8) is 0 Å². The molecule has 0 unspecified atom stereocenters. The smallest absolute Gasteiger partial charge is 0.326 e. The zero-order chi connectivity index (χ0) is 72.6. The van der Waals surface area contributed by atoms with E-state index < -0.39 is 182 Å². The Morgan fingerprint density at radius 1 is 0.412 bits per heavy atom. The number of aliphatic carboxylic acids is 9. The number of carbonyl (C=O) groups excluding carboxylic acids is 7. The first-order valence-electron chi connectivity index (χ1n) is 30.8. The number of nitrogens with one attached hydrogen (secondary N) is 10. The van der Waals surface area contributed by atoms with Crippen molar-refractivity contribution >= 4 is 95.4 Å². The maximum absolute atomic E-state index is 14.4. The molecule has 97 heavy (non-hydrogen) atoms. The van der Waals surface area contributed by atoms with Crippen LogP contribution >= 0.6 is 0 Å². The van der Waals surface area contributed by atoms with Gasteiger partial charge in [0.05, 0.1) is 24.3 Å². The van der Waals surface area contributed by atoms with Crippen LogP contribution in [0.5, 0.6) is 0 Å². The molecule has 2 aromatic rings. The number of carboxylic acids is 9. The standard InChI is InChI=1S/C58H84FN13O25/c59-28-7-8-34-32-72(71-70-34)35-14-12-33(13-15-35)48(82)69-58(25-22-42(73)60-29-4-1-9-36(49(83)84)63-55(95)66-39(52(89)90)16-19-45(76)77,26-23-43(74)61-30-5-2-10-37(50(85)86)64-56(96)67-40(53(91)92)17-20-46(78)79)27-24-44(75)62-31-6-3-11-38(51(87)88)65-57(97)68-41(54(93)94)18-21-47(80)81/h12-15,32,36-41H,1-11,16-31H2,(H,60,73)(H,61,74)(H,62,75)(H,69,82)(H,76,77)(H,78,79)(H,80,81)(H,83,84)(H,85,86)(H,87,88)(H,89,90)(H,91,92)(H,93,94)(H2,63,66,95)(H2,64,67,96)(H2,65,68,97)/t36-,37-,38-,39-,40-,41-/m0/s1. The monoisotopic (exact) mass is 1380 g/mol. The average Bonchev–Trinajstić information content (AvgIpc) is 1.83. The van der Waals surface area contributed by atoms with Crippen LogP contribution in [-0.4, -0.2) is 224 Å². The summed E-state index contributed by atoms with van der Waals surface area (Å²) in [5.74, 6) is -15.8. The molecule has 0 radical (unpaired) electrons. The van der Waals surface area contributed by atoms with E-state index in [1.165, 1.54) is 28.9 Å². The van der Waals surface area contributed by atoms with Crippen LogP contribution in [-0.2, 0) is 64.0 Å². The van der Waals surface area contributed by atoms with Crippen molar-refractivity contribution in [1.82, 2.24) is 68.2 Å². The zero-order valence-electron chi connectivity index (χ0n) is 52.7. The van der Waals surface area contributed by atoms with E-state index >= 15 is 0 Å². The second-order valence-electron chi connectivity index (χ2n) is 22.3. The SMILES string of the molecule is O=C(O)CC[C@H](NC(=O)N[C@@H](CCCCNC(=O)CCC(CCC(=O)NCCCC[C@H](NC(=O)N[C@@H](CCC(=O)O)C(=O)O)C(=O)O)(CCC(=O)NCCCC[C@H](NC(=O)N[C@@H](CCC(=O)O)C(=O)O)C(=O)O)NC(=O)c1ccc(-n2cc(CCCF)nn2)cc1)C(=O)O)C(=O)O. The Morgan fingerprint density at radius 3 is 1.01 bits per heavy atom. The lowest BCUT2D eigenvalue weighted by Crippen LogP contribution is -2.51. The third kappa shape index (κ3) is 34.8. The molecule has 0 saturated carbocycles. The maximum atomic E-state index is 14.4. The highest BCUT2D eigenvalue weighted by Gasteiger charge is 2.35. The number of unbranched alkanes of at least 4 members (excludes halogenated alkanes) is 3. The van der Waals surface area contributed by atoms with Crippen LogP contribution in [0.25, 0.3) is 5.69 Å². The second-order valence-corrected chi connectivity index (χ2v) is 22.3. The van der Waals surface area contributed by atoms with Crippen LogP contribution in [0.15, 0.2) is 30.5 Å². The van der Waals surface area contributed by atoms with Gasteiger partial charge in [-0.3, -0.25) is 38.0 Å². The molecule has 10 amide bonds. The topological polar surface area (TPSA) is 606 Å². The molecule has 1 aromatic heterocycles. The lowest BCUT2D eigenvalue weighted by Gasteiger charge is -2.35. The number of rotatable bonds is 51. The molecule has 39 heteroatoms. The van der Waals surface area contributed by atoms with Gasteiger partial charge in [-0.25, -0.2) is 47.8 Å². The summed E-state index contributed by atoms with van der Waals surface area (Å²) in [7, 11) is 0. The van der Waals surface area contributed by atoms with Gasteiger partial charge in [0.1, 0.15) is 36.3 Å². The van der Waals surface area contributed by atoms with E-state index in [0.29, 0.717) is 17.8 Å². The molecule has 0 saturated heterocycles. The van der Waals surface area contributed by atoms with E-state index in [1.807, 2.05) is 16.0 Å². The molecule has 1 aromatic carbocycles. The van der Waals surface area contributed by atoms with Crippen molar-refractivity contribution in [1.29, 1.82) is 0 Å². The van der Waals surface area contributed by atoms with Gasteiger partial charge in [-0.2, -0.15) is 0 Å². The number of urea groups is 3. The Morgan fingerprint density at radius 2 is 0.722 bits per heavy atom. The van der Waals surface area contributed by atoms with E-state index in [4.69, 9.17) is 15.3 Å². The van der Waals surface area contributed by atoms with E-state index in [1.54, 1.807) is 6.20 Å². The Hall–Kier alpha value is -10.8. The highest BCUT2D eigenvalue weighted by molar-refractivity contribution is 5.95. The second kappa shape index (κ2) is 44.0. The fourth-order valence-electron chi connectivity index (χ4n) is 9.28. The number of benzene rings is 1. The van der Waals surface area contributed by atoms with Crippen LogP contribution in [0.1, 0.15) is 157 Å². The molecule has 538 valence electrons. The van der Waals surface area contributed by atoms with Crippen molar-refractivity contribution in [3.05, 3.63) is 41.7 Å². The van der Waals surface area contributed by atoms with Gasteiger partial charge in [0, 0.05) is 69.3 Å². The molecule has 1 heterocycles. The van der Waals surface area contributed by atoms with Gasteiger partial charge in [-0.1, -0.05) is 5.21 Å². The van der Waals surface area contributed by atoms with Crippen LogP contribution < -0.4 is 53.2 Å². The quantitative estimate of drug-likeness (QED) is 0.0389. The number of hydrogen-bond acceptors (Lipinski definition) is 18. The average molecular weight is 1380 g/mol. The van der Waals surface area contributed by atoms with Crippen LogP contribution in [0, 0.1) is 0 Å². The number of carbonyl (C=O) groups is 16. The number of hydrogen-bond donors (Lipinski definition) is 19. The number of nitrogens with zero attached hydrogens (tertiary/aromatic N) is 3. The van der Waals surface area contributed by atoms with Gasteiger partial charge < -0.3 is 99.1 Å². The van der Waals surface area contributed by atoms with E-state index in [9.17, 15) is 112 Å². The van der Waals surface area contributed by atoms with Crippen LogP contribution in [0.3, 0.4) is 0 Å². The third-order valence-electron chi connectivity index (χ3n) is 14.7. The Bertz CT molecular complexity index is 2810. The summed E-state index contributed by atoms with van der Waals surface area (Å²) in [6, 6.07) is -7.29. The number of alkyl halides is 1. The lowest BCUT2D eigenvalue weighted by molar-refractivity contribution is -0.142. The van der Waals surface area contributed by atoms with Crippen molar-refractivity contribution in [3.8, 4) is 5.69 Å². The number of aryl methyl sites for hydroxylation is 1. The molecule has 0 spiro atoms. The molecular formula is C58H84FN13O25. The molecule has 6 atom stereocenters. The van der Waals surface area contributed by atoms with Crippen molar-refractivity contribution in [2.75, 3.05) is 26.3 Å². The molecule has 0 aliphatic rings. The van der Waals surface area contributed by atoms with Crippen molar-refractivity contribution in [2.24, 2.45) is 0 Å². The minimum atomic E-state index is -1.65. The molecule has 19 N–H and O–H groups in total. The van der Waals surface area contributed by atoms with Crippen molar-refractivity contribution < 1.29 is 127 Å². The van der Waals surface area contributed by atoms with Gasteiger partial charge in [-0.05, 0) is 133 Å². The number of carboxylic acid groups (broad SMARTS) is 9. The molecule has 0 fully saturated rings. The lowest BCUT2D eigenvalue weighted by atomic mass is 9.82. The minimum absolute atomic E-state index is 0.0498. The summed E-state index contributed by atoms with van der Waals surface area (Å²) in [5, 5.41) is 116. The molecule has 38 nitrogen and oxygen atoms in total. The largest absolute Gasteiger partial charge is 0.481 e. The first-order valence-corrected chi connectivity index (χ1v) is 30.8.